The topological polar surface area (TPSA) is 84.8 Å². The zero-order valence-electron chi connectivity index (χ0n) is 17.3. The molecule has 3 rings (SSSR count). The van der Waals surface area contributed by atoms with Crippen LogP contribution in [0.1, 0.15) is 37.3 Å². The van der Waals surface area contributed by atoms with Gasteiger partial charge in [0, 0.05) is 5.92 Å². The highest BCUT2D eigenvalue weighted by atomic mass is 32.2. The van der Waals surface area contributed by atoms with Crippen LogP contribution in [0.3, 0.4) is 0 Å². The van der Waals surface area contributed by atoms with Gasteiger partial charge in [-0.3, -0.25) is 4.79 Å². The van der Waals surface area contributed by atoms with Gasteiger partial charge in [0.2, 0.25) is 0 Å². The Hall–Kier alpha value is -2.93. The first-order valence-corrected chi connectivity index (χ1v) is 11.3. The van der Waals surface area contributed by atoms with E-state index in [4.69, 9.17) is 4.74 Å². The van der Waals surface area contributed by atoms with E-state index in [9.17, 15) is 13.2 Å². The lowest BCUT2D eigenvalue weighted by molar-refractivity contribution is -0.146. The van der Waals surface area contributed by atoms with Crippen molar-refractivity contribution in [1.82, 2.24) is 4.83 Å². The third-order valence-electron chi connectivity index (χ3n) is 5.05. The third-order valence-corrected chi connectivity index (χ3v) is 6.28. The van der Waals surface area contributed by atoms with E-state index < -0.39 is 21.9 Å². The Balaban J connectivity index is 1.98. The Bertz CT molecular complexity index is 1060. The third kappa shape index (κ3) is 4.97. The maximum Gasteiger partial charge on any atom is 0.315 e. The van der Waals surface area contributed by atoms with E-state index in [1.54, 1.807) is 25.1 Å². The molecule has 0 saturated carbocycles. The predicted molar refractivity (Wildman–Crippen MR) is 117 cm³/mol. The molecule has 0 spiro atoms. The molecule has 2 atom stereocenters. The fourth-order valence-electron chi connectivity index (χ4n) is 3.58. The van der Waals surface area contributed by atoms with Crippen molar-refractivity contribution in [1.29, 1.82) is 0 Å². The number of hydrogen-bond donors (Lipinski definition) is 1. The quantitative estimate of drug-likeness (QED) is 0.560. The maximum atomic E-state index is 12.8. The standard InChI is InChI=1S/C23H26N2O4S/c1-4-29-23(26)22-20(18-8-6-5-7-9-18)14-17(3)15-21(22)24-25-30(27,28)19-12-10-16(2)11-13-19/h5-13,15,20,22,25H,4,14H2,1-3H3/b24-21+. The lowest BCUT2D eigenvalue weighted by Gasteiger charge is -2.30. The van der Waals surface area contributed by atoms with Crippen molar-refractivity contribution in [2.75, 3.05) is 6.61 Å². The van der Waals surface area contributed by atoms with Crippen LogP contribution in [0.15, 0.2) is 76.2 Å². The summed E-state index contributed by atoms with van der Waals surface area (Å²) >= 11 is 0. The first-order valence-electron chi connectivity index (χ1n) is 9.86. The van der Waals surface area contributed by atoms with Crippen LogP contribution in [0.5, 0.6) is 0 Å². The summed E-state index contributed by atoms with van der Waals surface area (Å²) in [7, 11) is -3.86. The summed E-state index contributed by atoms with van der Waals surface area (Å²) in [4.78, 5) is 15.2. The van der Waals surface area contributed by atoms with Crippen LogP contribution in [0.4, 0.5) is 0 Å². The Morgan fingerprint density at radius 2 is 1.77 bits per heavy atom. The van der Waals surface area contributed by atoms with Gasteiger partial charge in [-0.05, 0) is 51.0 Å². The van der Waals surface area contributed by atoms with Gasteiger partial charge in [0.05, 0.1) is 17.2 Å². The monoisotopic (exact) mass is 426 g/mol. The smallest absolute Gasteiger partial charge is 0.315 e. The van der Waals surface area contributed by atoms with E-state index in [0.717, 1.165) is 16.7 Å². The molecule has 0 saturated heterocycles. The Labute approximate surface area is 177 Å². The molecule has 0 heterocycles. The second kappa shape index (κ2) is 9.26. The van der Waals surface area contributed by atoms with Crippen molar-refractivity contribution in [3.63, 3.8) is 0 Å². The van der Waals surface area contributed by atoms with Crippen molar-refractivity contribution in [3.8, 4) is 0 Å². The molecule has 0 aromatic heterocycles. The SMILES string of the molecule is CCOC(=O)C1/C(=N/NS(=O)(=O)c2ccc(C)cc2)C=C(C)CC1c1ccccc1. The van der Waals surface area contributed by atoms with Crippen molar-refractivity contribution in [2.24, 2.45) is 11.0 Å². The molecular weight excluding hydrogens is 400 g/mol. The minimum atomic E-state index is -3.86. The molecule has 0 radical (unpaired) electrons. The zero-order chi connectivity index (χ0) is 21.7. The molecule has 2 aromatic rings. The molecule has 2 unspecified atom stereocenters. The number of esters is 1. The predicted octanol–water partition coefficient (Wildman–Crippen LogP) is 3.94. The van der Waals surface area contributed by atoms with Crippen molar-refractivity contribution in [3.05, 3.63) is 77.4 Å². The maximum absolute atomic E-state index is 12.8. The number of nitrogens with one attached hydrogen (secondary N) is 1. The van der Waals surface area contributed by atoms with Crippen LogP contribution in [-0.4, -0.2) is 26.7 Å². The van der Waals surface area contributed by atoms with E-state index in [2.05, 4.69) is 9.93 Å². The summed E-state index contributed by atoms with van der Waals surface area (Å²) in [5, 5.41) is 4.17. The second-order valence-electron chi connectivity index (χ2n) is 7.39. The highest BCUT2D eigenvalue weighted by molar-refractivity contribution is 7.89. The van der Waals surface area contributed by atoms with E-state index in [1.807, 2.05) is 44.2 Å². The summed E-state index contributed by atoms with van der Waals surface area (Å²) in [6, 6.07) is 16.2. The largest absolute Gasteiger partial charge is 0.465 e. The Morgan fingerprint density at radius 1 is 1.10 bits per heavy atom. The fourth-order valence-corrected chi connectivity index (χ4v) is 4.41. The number of carbonyl (C=O) groups is 1. The molecule has 1 aliphatic carbocycles. The molecule has 158 valence electrons. The summed E-state index contributed by atoms with van der Waals surface area (Å²) in [5.41, 5.74) is 3.30. The Morgan fingerprint density at radius 3 is 2.40 bits per heavy atom. The molecule has 0 fully saturated rings. The number of hydrogen-bond acceptors (Lipinski definition) is 5. The normalized spacial score (nSPS) is 20.5. The van der Waals surface area contributed by atoms with Gasteiger partial charge >= 0.3 is 5.97 Å². The van der Waals surface area contributed by atoms with E-state index in [1.165, 1.54) is 12.1 Å². The van der Waals surface area contributed by atoms with Crippen molar-refractivity contribution >= 4 is 21.7 Å². The van der Waals surface area contributed by atoms with Gasteiger partial charge in [-0.25, -0.2) is 0 Å². The van der Waals surface area contributed by atoms with Crippen LogP contribution >= 0.6 is 0 Å². The van der Waals surface area contributed by atoms with Gasteiger partial charge in [-0.1, -0.05) is 53.6 Å². The van der Waals surface area contributed by atoms with E-state index >= 15 is 0 Å². The minimum absolute atomic E-state index is 0.112. The summed E-state index contributed by atoms with van der Waals surface area (Å²) in [6.07, 6.45) is 2.43. The number of carbonyl (C=O) groups excluding carboxylic acids is 1. The lowest BCUT2D eigenvalue weighted by atomic mass is 9.75. The number of ether oxygens (including phenoxy) is 1. The summed E-state index contributed by atoms with van der Waals surface area (Å²) < 4.78 is 30.6. The van der Waals surface area contributed by atoms with Gasteiger partial charge < -0.3 is 4.74 Å². The van der Waals surface area contributed by atoms with E-state index in [0.29, 0.717) is 12.1 Å². The van der Waals surface area contributed by atoms with Gasteiger partial charge in [-0.15, -0.1) is 0 Å². The number of hydrazone groups is 1. The molecule has 30 heavy (non-hydrogen) atoms. The molecule has 6 nitrogen and oxygen atoms in total. The minimum Gasteiger partial charge on any atom is -0.465 e. The number of rotatable bonds is 6. The average Bonchev–Trinajstić information content (AvgIpc) is 2.73. The first kappa shape index (κ1) is 21.8. The number of aryl methyl sites for hydroxylation is 1. The van der Waals surface area contributed by atoms with Crippen LogP contribution in [0.2, 0.25) is 0 Å². The Kier molecular flexibility index (Phi) is 6.72. The average molecular weight is 427 g/mol. The molecule has 1 N–H and O–H groups in total. The molecule has 0 amide bonds. The van der Waals surface area contributed by atoms with Crippen LogP contribution in [0.25, 0.3) is 0 Å². The first-order chi connectivity index (χ1) is 14.3. The number of allylic oxidation sites excluding steroid dienone is 2. The highest BCUT2D eigenvalue weighted by Gasteiger charge is 2.37. The lowest BCUT2D eigenvalue weighted by Crippen LogP contribution is -2.35. The van der Waals surface area contributed by atoms with Crippen molar-refractivity contribution < 1.29 is 17.9 Å². The highest BCUT2D eigenvalue weighted by Crippen LogP contribution is 2.37. The van der Waals surface area contributed by atoms with Crippen LogP contribution < -0.4 is 4.83 Å². The van der Waals surface area contributed by atoms with Crippen molar-refractivity contribution in [2.45, 2.75) is 38.0 Å². The van der Waals surface area contributed by atoms with E-state index in [-0.39, 0.29) is 17.4 Å². The van der Waals surface area contributed by atoms with Crippen LogP contribution in [0, 0.1) is 12.8 Å². The fraction of sp³-hybridized carbons (Fsp3) is 0.304. The number of benzene rings is 2. The number of sulfonamides is 1. The molecule has 0 aliphatic heterocycles. The molecule has 0 bridgehead atoms. The second-order valence-corrected chi connectivity index (χ2v) is 9.05. The van der Waals surface area contributed by atoms with Gasteiger partial charge in [-0.2, -0.15) is 18.4 Å². The summed E-state index contributed by atoms with van der Waals surface area (Å²) in [5.74, 6) is -1.29. The zero-order valence-corrected chi connectivity index (χ0v) is 18.1. The van der Waals surface area contributed by atoms with Gasteiger partial charge in [0.15, 0.2) is 0 Å². The molecular formula is C23H26N2O4S. The van der Waals surface area contributed by atoms with Gasteiger partial charge in [0.1, 0.15) is 5.92 Å². The van der Waals surface area contributed by atoms with Crippen LogP contribution in [-0.2, 0) is 19.6 Å². The molecule has 1 aliphatic rings. The summed E-state index contributed by atoms with van der Waals surface area (Å²) in [6.45, 7) is 5.81. The molecule has 2 aromatic carbocycles. The molecule has 7 heteroatoms. The number of nitrogens with zero attached hydrogens (tertiary/aromatic N) is 1. The van der Waals surface area contributed by atoms with Gasteiger partial charge in [0.25, 0.3) is 10.0 Å².